The number of hydrogen-bond acceptors (Lipinski definition) is 2. The minimum Gasteiger partial charge on any atom is -0.481 e. The lowest BCUT2D eigenvalue weighted by Gasteiger charge is -2.14. The molecule has 1 aliphatic heterocycles. The average Bonchev–Trinajstić information content (AvgIpc) is 3.02. The summed E-state index contributed by atoms with van der Waals surface area (Å²) in [5.74, 6) is -0.194. The molecule has 1 atom stereocenters. The maximum absolute atomic E-state index is 10.6. The molecule has 0 saturated carbocycles. The smallest absolute Gasteiger partial charge is 0.304 e. The second-order valence-electron chi connectivity index (χ2n) is 5.22. The van der Waals surface area contributed by atoms with E-state index < -0.39 is 5.97 Å². The van der Waals surface area contributed by atoms with Crippen LogP contribution in [0.5, 0.6) is 0 Å². The van der Waals surface area contributed by atoms with Crippen molar-refractivity contribution < 1.29 is 9.90 Å². The van der Waals surface area contributed by atoms with Gasteiger partial charge in [-0.25, -0.2) is 0 Å². The zero-order valence-corrected chi connectivity index (χ0v) is 10.8. The summed E-state index contributed by atoms with van der Waals surface area (Å²) in [6.45, 7) is 2.63. The number of hydrogen-bond donors (Lipinski definition) is 2. The fourth-order valence-electron chi connectivity index (χ4n) is 2.98. The molecule has 100 valence electrons. The van der Waals surface area contributed by atoms with Crippen molar-refractivity contribution in [1.29, 1.82) is 0 Å². The maximum Gasteiger partial charge on any atom is 0.304 e. The molecule has 2 heterocycles. The van der Waals surface area contributed by atoms with Crippen molar-refractivity contribution in [3.05, 3.63) is 36.0 Å². The summed E-state index contributed by atoms with van der Waals surface area (Å²) in [7, 11) is 0. The van der Waals surface area contributed by atoms with E-state index in [1.807, 2.05) is 6.07 Å². The highest BCUT2D eigenvalue weighted by Gasteiger charge is 2.25. The minimum atomic E-state index is -0.712. The van der Waals surface area contributed by atoms with Crippen LogP contribution in [0.1, 0.15) is 24.3 Å². The van der Waals surface area contributed by atoms with Crippen LogP contribution in [0.25, 0.3) is 10.9 Å². The predicted molar refractivity (Wildman–Crippen MR) is 74.3 cm³/mol. The van der Waals surface area contributed by atoms with Gasteiger partial charge in [0, 0.05) is 30.2 Å². The number of likely N-dealkylation sites (tertiary alicyclic amines) is 1. The maximum atomic E-state index is 10.6. The van der Waals surface area contributed by atoms with Crippen LogP contribution in [0.3, 0.4) is 0 Å². The number of aromatic amines is 1. The number of benzene rings is 1. The van der Waals surface area contributed by atoms with Gasteiger partial charge >= 0.3 is 5.97 Å². The molecule has 4 heteroatoms. The minimum absolute atomic E-state index is 0.237. The summed E-state index contributed by atoms with van der Waals surface area (Å²) in [4.78, 5) is 16.2. The van der Waals surface area contributed by atoms with Gasteiger partial charge in [0.05, 0.1) is 6.42 Å². The van der Waals surface area contributed by atoms with E-state index in [4.69, 9.17) is 5.11 Å². The van der Waals surface area contributed by atoms with Gasteiger partial charge in [-0.1, -0.05) is 18.2 Å². The topological polar surface area (TPSA) is 56.3 Å². The largest absolute Gasteiger partial charge is 0.481 e. The Morgan fingerprint density at radius 2 is 2.26 bits per heavy atom. The van der Waals surface area contributed by atoms with E-state index in [9.17, 15) is 4.79 Å². The van der Waals surface area contributed by atoms with Gasteiger partial charge in [-0.2, -0.15) is 0 Å². The number of nitrogens with one attached hydrogen (secondary N) is 1. The molecule has 1 saturated heterocycles. The van der Waals surface area contributed by atoms with E-state index in [1.54, 1.807) is 0 Å². The summed E-state index contributed by atoms with van der Waals surface area (Å²) < 4.78 is 0. The number of aromatic nitrogens is 1. The Morgan fingerprint density at radius 3 is 3.11 bits per heavy atom. The van der Waals surface area contributed by atoms with Crippen LogP contribution in [-0.4, -0.2) is 40.6 Å². The number of H-pyrrole nitrogens is 1. The predicted octanol–water partition coefficient (Wildman–Crippen LogP) is 2.43. The SMILES string of the molecule is O=C(O)CCN1CCC(c2c[nH]c3ccccc23)C1. The van der Waals surface area contributed by atoms with Gasteiger partial charge in [0.2, 0.25) is 0 Å². The normalized spacial score (nSPS) is 20.1. The number of para-hydroxylation sites is 1. The quantitative estimate of drug-likeness (QED) is 0.885. The van der Waals surface area contributed by atoms with Crippen LogP contribution in [0, 0.1) is 0 Å². The van der Waals surface area contributed by atoms with Crippen LogP contribution >= 0.6 is 0 Å². The fourth-order valence-corrected chi connectivity index (χ4v) is 2.98. The lowest BCUT2D eigenvalue weighted by atomic mass is 9.98. The number of fused-ring (bicyclic) bond motifs is 1. The van der Waals surface area contributed by atoms with Crippen molar-refractivity contribution in [2.45, 2.75) is 18.8 Å². The van der Waals surface area contributed by atoms with Gasteiger partial charge in [-0.15, -0.1) is 0 Å². The lowest BCUT2D eigenvalue weighted by Crippen LogP contribution is -2.23. The molecular weight excluding hydrogens is 240 g/mol. The van der Waals surface area contributed by atoms with Gasteiger partial charge in [0.15, 0.2) is 0 Å². The molecule has 4 nitrogen and oxygen atoms in total. The third-order valence-electron chi connectivity index (χ3n) is 3.98. The third-order valence-corrected chi connectivity index (χ3v) is 3.98. The first-order valence-electron chi connectivity index (χ1n) is 6.74. The molecule has 0 spiro atoms. The van der Waals surface area contributed by atoms with Gasteiger partial charge in [0.25, 0.3) is 0 Å². The zero-order valence-electron chi connectivity index (χ0n) is 10.8. The Hall–Kier alpha value is -1.81. The molecule has 3 rings (SSSR count). The molecule has 1 unspecified atom stereocenters. The standard InChI is InChI=1S/C15H18N2O2/c18-15(19)6-8-17-7-5-11(10-17)13-9-16-14-4-2-1-3-12(13)14/h1-4,9,11,16H,5-8,10H2,(H,18,19). The molecule has 0 amide bonds. The van der Waals surface area contributed by atoms with Gasteiger partial charge < -0.3 is 15.0 Å². The van der Waals surface area contributed by atoms with E-state index in [0.717, 1.165) is 19.5 Å². The fraction of sp³-hybridized carbons (Fsp3) is 0.400. The van der Waals surface area contributed by atoms with Crippen molar-refractivity contribution in [2.24, 2.45) is 0 Å². The second-order valence-corrected chi connectivity index (χ2v) is 5.22. The molecule has 0 aliphatic carbocycles. The molecule has 1 aromatic heterocycles. The Balaban J connectivity index is 1.72. The Morgan fingerprint density at radius 1 is 1.42 bits per heavy atom. The summed E-state index contributed by atoms with van der Waals surface area (Å²) in [5, 5.41) is 10.0. The molecular formula is C15H18N2O2. The highest BCUT2D eigenvalue weighted by atomic mass is 16.4. The third kappa shape index (κ3) is 2.49. The number of nitrogens with zero attached hydrogens (tertiary/aromatic N) is 1. The van der Waals surface area contributed by atoms with Crippen LogP contribution in [0.15, 0.2) is 30.5 Å². The van der Waals surface area contributed by atoms with Crippen molar-refractivity contribution in [3.63, 3.8) is 0 Å². The first-order chi connectivity index (χ1) is 9.24. The number of aliphatic carboxylic acids is 1. The number of carboxylic acids is 1. The first-order valence-corrected chi connectivity index (χ1v) is 6.74. The van der Waals surface area contributed by atoms with Crippen molar-refractivity contribution in [2.75, 3.05) is 19.6 Å². The number of carboxylic acid groups (broad SMARTS) is 1. The molecule has 2 N–H and O–H groups in total. The first kappa shape index (κ1) is 12.2. The van der Waals surface area contributed by atoms with E-state index in [1.165, 1.54) is 16.5 Å². The summed E-state index contributed by atoms with van der Waals surface area (Å²) in [5.41, 5.74) is 2.55. The van der Waals surface area contributed by atoms with E-state index in [0.29, 0.717) is 12.5 Å². The number of rotatable bonds is 4. The van der Waals surface area contributed by atoms with Crippen LogP contribution < -0.4 is 0 Å². The average molecular weight is 258 g/mol. The summed E-state index contributed by atoms with van der Waals surface area (Å²) >= 11 is 0. The van der Waals surface area contributed by atoms with Crippen molar-refractivity contribution in [1.82, 2.24) is 9.88 Å². The van der Waals surface area contributed by atoms with Crippen LogP contribution in [-0.2, 0) is 4.79 Å². The molecule has 0 radical (unpaired) electrons. The van der Waals surface area contributed by atoms with Crippen LogP contribution in [0.4, 0.5) is 0 Å². The van der Waals surface area contributed by atoms with Gasteiger partial charge in [-0.3, -0.25) is 4.79 Å². The lowest BCUT2D eigenvalue weighted by molar-refractivity contribution is -0.137. The Bertz CT molecular complexity index is 591. The van der Waals surface area contributed by atoms with Gasteiger partial charge in [0.1, 0.15) is 0 Å². The zero-order chi connectivity index (χ0) is 13.2. The molecule has 1 fully saturated rings. The monoisotopic (exact) mass is 258 g/mol. The molecule has 1 aliphatic rings. The van der Waals surface area contributed by atoms with E-state index >= 15 is 0 Å². The second kappa shape index (κ2) is 5.05. The molecule has 0 bridgehead atoms. The van der Waals surface area contributed by atoms with Crippen molar-refractivity contribution in [3.8, 4) is 0 Å². The molecule has 1 aromatic carbocycles. The van der Waals surface area contributed by atoms with Crippen LogP contribution in [0.2, 0.25) is 0 Å². The highest BCUT2D eigenvalue weighted by Crippen LogP contribution is 2.32. The summed E-state index contributed by atoms with van der Waals surface area (Å²) in [6.07, 6.45) is 3.46. The summed E-state index contributed by atoms with van der Waals surface area (Å²) in [6, 6.07) is 8.35. The number of carbonyl (C=O) groups is 1. The Labute approximate surface area is 112 Å². The Kier molecular flexibility index (Phi) is 3.25. The molecule has 19 heavy (non-hydrogen) atoms. The van der Waals surface area contributed by atoms with E-state index in [2.05, 4.69) is 34.3 Å². The van der Waals surface area contributed by atoms with Gasteiger partial charge in [-0.05, 0) is 30.5 Å². The highest BCUT2D eigenvalue weighted by molar-refractivity contribution is 5.83. The molecule has 2 aromatic rings. The van der Waals surface area contributed by atoms with Crippen molar-refractivity contribution >= 4 is 16.9 Å². The van der Waals surface area contributed by atoms with E-state index in [-0.39, 0.29) is 6.42 Å².